The summed E-state index contributed by atoms with van der Waals surface area (Å²) in [7, 11) is 0. The summed E-state index contributed by atoms with van der Waals surface area (Å²) in [5.41, 5.74) is 11.6. The van der Waals surface area contributed by atoms with E-state index in [2.05, 4.69) is 5.32 Å². The molecule has 0 spiro atoms. The molecular weight excluding hydrogens is 366 g/mol. The summed E-state index contributed by atoms with van der Waals surface area (Å²) >= 11 is 0. The van der Waals surface area contributed by atoms with E-state index >= 15 is 0 Å². The number of aliphatic hydroxyl groups excluding tert-OH is 7. The second-order valence-corrected chi connectivity index (χ2v) is 7.10. The highest BCUT2D eigenvalue weighted by Gasteiger charge is 2.49. The average molecular weight is 397 g/mol. The van der Waals surface area contributed by atoms with Gasteiger partial charge in [0.05, 0.1) is 38.0 Å². The number of hydrogen-bond acceptors (Lipinski definition) is 12. The summed E-state index contributed by atoms with van der Waals surface area (Å²) < 4.78 is 11.0. The summed E-state index contributed by atoms with van der Waals surface area (Å²) in [5, 5.41) is 71.4. The predicted octanol–water partition coefficient (Wildman–Crippen LogP) is -6.10. The van der Waals surface area contributed by atoms with E-state index in [0.717, 1.165) is 0 Å². The smallest absolute Gasteiger partial charge is 0.186 e. The fourth-order valence-corrected chi connectivity index (χ4v) is 3.44. The van der Waals surface area contributed by atoms with E-state index in [9.17, 15) is 35.7 Å². The fraction of sp³-hybridized carbons (Fsp3) is 1.00. The van der Waals surface area contributed by atoms with Gasteiger partial charge in [0.15, 0.2) is 6.29 Å². The van der Waals surface area contributed by atoms with Gasteiger partial charge >= 0.3 is 0 Å². The van der Waals surface area contributed by atoms with Gasteiger partial charge in [0.1, 0.15) is 30.5 Å². The number of nitrogens with one attached hydrogen (secondary N) is 1. The lowest BCUT2D eigenvalue weighted by Gasteiger charge is -2.47. The molecule has 2 aliphatic rings. The molecule has 1 saturated carbocycles. The second kappa shape index (κ2) is 9.82. The van der Waals surface area contributed by atoms with Crippen molar-refractivity contribution in [2.75, 3.05) is 19.8 Å². The summed E-state index contributed by atoms with van der Waals surface area (Å²) in [5.74, 6) is 0. The molecule has 1 aliphatic carbocycles. The van der Waals surface area contributed by atoms with Gasteiger partial charge in [0, 0.05) is 12.1 Å². The third kappa shape index (κ3) is 4.93. The van der Waals surface area contributed by atoms with Crippen LogP contribution < -0.4 is 16.8 Å². The maximum Gasteiger partial charge on any atom is 0.186 e. The van der Waals surface area contributed by atoms with Gasteiger partial charge in [-0.1, -0.05) is 0 Å². The van der Waals surface area contributed by atoms with E-state index in [1.807, 2.05) is 0 Å². The van der Waals surface area contributed by atoms with Crippen molar-refractivity contribution in [2.45, 2.75) is 73.5 Å². The molecular formula is C15H31N3O9. The Morgan fingerprint density at radius 1 is 0.963 bits per heavy atom. The van der Waals surface area contributed by atoms with Gasteiger partial charge in [-0.25, -0.2) is 0 Å². The van der Waals surface area contributed by atoms with E-state index in [1.54, 1.807) is 0 Å². The monoisotopic (exact) mass is 397 g/mol. The van der Waals surface area contributed by atoms with Gasteiger partial charge in [-0.15, -0.1) is 0 Å². The van der Waals surface area contributed by atoms with Gasteiger partial charge < -0.3 is 62.0 Å². The zero-order chi connectivity index (χ0) is 20.3. The molecule has 0 aromatic carbocycles. The Morgan fingerprint density at radius 2 is 1.59 bits per heavy atom. The van der Waals surface area contributed by atoms with Crippen LogP contribution in [0.4, 0.5) is 0 Å². The van der Waals surface area contributed by atoms with Crippen molar-refractivity contribution in [3.05, 3.63) is 0 Å². The zero-order valence-electron chi connectivity index (χ0n) is 14.8. The maximum atomic E-state index is 10.4. The van der Waals surface area contributed by atoms with Crippen molar-refractivity contribution in [1.29, 1.82) is 0 Å². The molecule has 12 heteroatoms. The standard InChI is InChI=1S/C15H31N3O9/c16-6-1-7(18-5(2-19)3-20)14(13(25)10(6)22)27-15-12(24)9(17)11(23)8(4-21)26-15/h5-15,18-25H,1-4,16-17H2/t6-,7+,8+,9-,10?,11+,12+,13-,14-,15+/m0/s1. The minimum Gasteiger partial charge on any atom is -0.395 e. The van der Waals surface area contributed by atoms with Crippen LogP contribution >= 0.6 is 0 Å². The van der Waals surface area contributed by atoms with Crippen molar-refractivity contribution in [1.82, 2.24) is 5.32 Å². The van der Waals surface area contributed by atoms with E-state index in [4.69, 9.17) is 20.9 Å². The van der Waals surface area contributed by atoms with E-state index in [-0.39, 0.29) is 19.6 Å². The molecule has 1 saturated heterocycles. The van der Waals surface area contributed by atoms with E-state index in [0.29, 0.717) is 0 Å². The molecule has 0 aromatic rings. The Balaban J connectivity index is 2.17. The average Bonchev–Trinajstić information content (AvgIpc) is 2.66. The largest absolute Gasteiger partial charge is 0.395 e. The topological polar surface area (TPSA) is 224 Å². The number of nitrogens with two attached hydrogens (primary N) is 2. The van der Waals surface area contributed by atoms with Gasteiger partial charge in [-0.05, 0) is 6.42 Å². The van der Waals surface area contributed by atoms with E-state index < -0.39 is 73.7 Å². The van der Waals surface area contributed by atoms with Crippen molar-refractivity contribution >= 4 is 0 Å². The Labute approximate surface area is 156 Å². The number of rotatable bonds is 7. The van der Waals surface area contributed by atoms with Crippen LogP contribution in [0.15, 0.2) is 0 Å². The summed E-state index contributed by atoms with van der Waals surface area (Å²) in [6.07, 6.45) is -9.05. The summed E-state index contributed by atoms with van der Waals surface area (Å²) in [6, 6.07) is -3.37. The van der Waals surface area contributed by atoms with Crippen LogP contribution in [0.25, 0.3) is 0 Å². The predicted molar refractivity (Wildman–Crippen MR) is 90.1 cm³/mol. The molecule has 0 bridgehead atoms. The lowest BCUT2D eigenvalue weighted by Crippen LogP contribution is -2.68. The van der Waals surface area contributed by atoms with E-state index in [1.165, 1.54) is 0 Å². The summed E-state index contributed by atoms with van der Waals surface area (Å²) in [6.45, 7) is -1.35. The van der Waals surface area contributed by atoms with Crippen LogP contribution in [0, 0.1) is 0 Å². The highest BCUT2D eigenvalue weighted by molar-refractivity contribution is 5.01. The van der Waals surface area contributed by atoms with Gasteiger partial charge in [-0.3, -0.25) is 0 Å². The van der Waals surface area contributed by atoms with Crippen LogP contribution in [0.1, 0.15) is 6.42 Å². The van der Waals surface area contributed by atoms with Gasteiger partial charge in [0.2, 0.25) is 0 Å². The molecule has 12 N–H and O–H groups in total. The molecule has 10 atom stereocenters. The maximum absolute atomic E-state index is 10.4. The van der Waals surface area contributed by atoms with Gasteiger partial charge in [0.25, 0.3) is 0 Å². The Hall–Kier alpha value is -0.480. The highest BCUT2D eigenvalue weighted by atomic mass is 16.7. The molecule has 0 amide bonds. The Kier molecular flexibility index (Phi) is 8.30. The first-order valence-corrected chi connectivity index (χ1v) is 8.88. The molecule has 12 nitrogen and oxygen atoms in total. The molecule has 1 heterocycles. The SMILES string of the molecule is N[C@@H]1[C@@H](O)[C@@H](O[C@H]2[C@H](NC(CO)CO)C[C@H](N)C(O)[C@@H]2O)O[C@H](CO)[C@H]1O. The lowest BCUT2D eigenvalue weighted by molar-refractivity contribution is -0.305. The normalized spacial score (nSPS) is 46.0. The quantitative estimate of drug-likeness (QED) is 0.194. The highest BCUT2D eigenvalue weighted by Crippen LogP contribution is 2.28. The Morgan fingerprint density at radius 3 is 2.15 bits per heavy atom. The molecule has 2 rings (SSSR count). The molecule has 2 fully saturated rings. The van der Waals surface area contributed by atoms with Crippen LogP contribution in [0.5, 0.6) is 0 Å². The molecule has 27 heavy (non-hydrogen) atoms. The number of ether oxygens (including phenoxy) is 2. The molecule has 1 unspecified atom stereocenters. The number of aliphatic hydroxyl groups is 7. The number of hydrogen-bond donors (Lipinski definition) is 10. The van der Waals surface area contributed by atoms with Gasteiger partial charge in [-0.2, -0.15) is 0 Å². The minimum absolute atomic E-state index is 0.139. The summed E-state index contributed by atoms with van der Waals surface area (Å²) in [4.78, 5) is 0. The van der Waals surface area contributed by atoms with Crippen molar-refractivity contribution in [3.8, 4) is 0 Å². The van der Waals surface area contributed by atoms with Crippen LogP contribution in [0.2, 0.25) is 0 Å². The van der Waals surface area contributed by atoms with Crippen LogP contribution in [0.3, 0.4) is 0 Å². The minimum atomic E-state index is -1.46. The van der Waals surface area contributed by atoms with Crippen molar-refractivity contribution < 1.29 is 45.2 Å². The first-order valence-electron chi connectivity index (χ1n) is 8.88. The van der Waals surface area contributed by atoms with Crippen LogP contribution in [-0.4, -0.2) is 123 Å². The molecule has 160 valence electrons. The third-order valence-corrected chi connectivity index (χ3v) is 5.17. The zero-order valence-corrected chi connectivity index (χ0v) is 14.8. The molecule has 0 radical (unpaired) electrons. The first kappa shape index (κ1) is 22.8. The van der Waals surface area contributed by atoms with Crippen LogP contribution in [-0.2, 0) is 9.47 Å². The van der Waals surface area contributed by atoms with Crippen molar-refractivity contribution in [3.63, 3.8) is 0 Å². The van der Waals surface area contributed by atoms with Crippen molar-refractivity contribution in [2.24, 2.45) is 11.5 Å². The molecule has 0 aromatic heterocycles. The lowest BCUT2D eigenvalue weighted by atomic mass is 9.83. The Bertz CT molecular complexity index is 456. The first-order chi connectivity index (χ1) is 12.7. The second-order valence-electron chi connectivity index (χ2n) is 7.10. The fourth-order valence-electron chi connectivity index (χ4n) is 3.44. The molecule has 1 aliphatic heterocycles. The third-order valence-electron chi connectivity index (χ3n) is 5.17.